The van der Waals surface area contributed by atoms with Gasteiger partial charge in [-0.15, -0.1) is 0 Å². The van der Waals surface area contributed by atoms with Crippen molar-refractivity contribution < 1.29 is 4.74 Å². The maximum absolute atomic E-state index is 6.03. The summed E-state index contributed by atoms with van der Waals surface area (Å²) in [5.74, 6) is 1.05. The second-order valence-corrected chi connectivity index (χ2v) is 6.16. The Kier molecular flexibility index (Phi) is 3.19. The van der Waals surface area contributed by atoms with Crippen molar-refractivity contribution in [3.05, 3.63) is 23.8 Å². The number of benzene rings is 1. The van der Waals surface area contributed by atoms with E-state index in [1.165, 1.54) is 49.8 Å². The topological polar surface area (TPSA) is 21.3 Å². The van der Waals surface area contributed by atoms with E-state index in [0.717, 1.165) is 18.9 Å². The molecule has 2 nitrogen and oxygen atoms in total. The van der Waals surface area contributed by atoms with Crippen molar-refractivity contribution in [2.24, 2.45) is 5.41 Å². The largest absolute Gasteiger partial charge is 0.493 e. The Balaban J connectivity index is 1.66. The van der Waals surface area contributed by atoms with Crippen LogP contribution in [-0.2, 0) is 6.42 Å². The van der Waals surface area contributed by atoms with Crippen LogP contribution >= 0.6 is 0 Å². The van der Waals surface area contributed by atoms with Crippen LogP contribution in [-0.4, -0.2) is 13.2 Å². The van der Waals surface area contributed by atoms with Gasteiger partial charge in [0.1, 0.15) is 5.75 Å². The molecule has 0 unspecified atom stereocenters. The van der Waals surface area contributed by atoms with Crippen molar-refractivity contribution in [2.75, 3.05) is 18.5 Å². The number of ether oxygens (including phenoxy) is 1. The average molecular weight is 245 g/mol. The Bertz CT molecular complexity index is 421. The van der Waals surface area contributed by atoms with Crippen LogP contribution in [0.1, 0.15) is 44.6 Å². The maximum atomic E-state index is 6.03. The van der Waals surface area contributed by atoms with Gasteiger partial charge in [-0.2, -0.15) is 0 Å². The molecule has 1 aliphatic carbocycles. The second kappa shape index (κ2) is 4.83. The lowest BCUT2D eigenvalue weighted by molar-refractivity contribution is 0.168. The van der Waals surface area contributed by atoms with Crippen molar-refractivity contribution in [3.63, 3.8) is 0 Å². The predicted octanol–water partition coefficient (Wildman–Crippen LogP) is 4.00. The van der Waals surface area contributed by atoms with Crippen molar-refractivity contribution in [3.8, 4) is 5.75 Å². The van der Waals surface area contributed by atoms with Crippen molar-refractivity contribution in [2.45, 2.75) is 45.4 Å². The molecule has 98 valence electrons. The van der Waals surface area contributed by atoms with Gasteiger partial charge in [0, 0.05) is 17.6 Å². The summed E-state index contributed by atoms with van der Waals surface area (Å²) in [6.07, 6.45) is 7.78. The van der Waals surface area contributed by atoms with Gasteiger partial charge < -0.3 is 10.1 Å². The number of hydrogen-bond acceptors (Lipinski definition) is 2. The quantitative estimate of drug-likeness (QED) is 0.869. The van der Waals surface area contributed by atoms with Gasteiger partial charge in [-0.25, -0.2) is 0 Å². The summed E-state index contributed by atoms with van der Waals surface area (Å²) in [6.45, 7) is 4.34. The zero-order chi connectivity index (χ0) is 12.4. The molecule has 2 aliphatic rings. The minimum atomic E-state index is 0.411. The van der Waals surface area contributed by atoms with Gasteiger partial charge in [-0.05, 0) is 49.4 Å². The van der Waals surface area contributed by atoms with Crippen LogP contribution in [0.5, 0.6) is 5.75 Å². The van der Waals surface area contributed by atoms with Crippen LogP contribution in [0.2, 0.25) is 0 Å². The molecule has 18 heavy (non-hydrogen) atoms. The summed E-state index contributed by atoms with van der Waals surface area (Å²) >= 11 is 0. The SMILES string of the molecule is CC1(COc2ccc3c(c2)CCCN3)CCCC1. The van der Waals surface area contributed by atoms with E-state index in [1.54, 1.807) is 0 Å². The molecule has 0 atom stereocenters. The summed E-state index contributed by atoms with van der Waals surface area (Å²) in [5, 5.41) is 3.44. The number of anilines is 1. The van der Waals surface area contributed by atoms with Gasteiger partial charge in [0.25, 0.3) is 0 Å². The number of aryl methyl sites for hydroxylation is 1. The molecule has 0 spiro atoms. The van der Waals surface area contributed by atoms with E-state index in [0.29, 0.717) is 5.41 Å². The Morgan fingerprint density at radius 3 is 2.89 bits per heavy atom. The first kappa shape index (κ1) is 11.9. The van der Waals surface area contributed by atoms with E-state index in [1.807, 2.05) is 0 Å². The summed E-state index contributed by atoms with van der Waals surface area (Å²) in [7, 11) is 0. The van der Waals surface area contributed by atoms with Crippen molar-refractivity contribution in [1.82, 2.24) is 0 Å². The molecule has 0 bridgehead atoms. The van der Waals surface area contributed by atoms with Gasteiger partial charge in [-0.3, -0.25) is 0 Å². The summed E-state index contributed by atoms with van der Waals surface area (Å²) in [4.78, 5) is 0. The normalized spacial score (nSPS) is 21.2. The molecule has 1 saturated carbocycles. The Morgan fingerprint density at radius 1 is 1.22 bits per heavy atom. The minimum Gasteiger partial charge on any atom is -0.493 e. The van der Waals surface area contributed by atoms with Crippen LogP contribution in [0.3, 0.4) is 0 Å². The molecular weight excluding hydrogens is 222 g/mol. The molecule has 3 rings (SSSR count). The molecule has 1 N–H and O–H groups in total. The fourth-order valence-corrected chi connectivity index (χ4v) is 3.17. The lowest BCUT2D eigenvalue weighted by Gasteiger charge is -2.24. The molecule has 1 aromatic carbocycles. The Hall–Kier alpha value is -1.18. The lowest BCUT2D eigenvalue weighted by Crippen LogP contribution is -2.21. The third-order valence-corrected chi connectivity index (χ3v) is 4.41. The minimum absolute atomic E-state index is 0.411. The van der Waals surface area contributed by atoms with E-state index in [-0.39, 0.29) is 0 Å². The third kappa shape index (κ3) is 2.47. The van der Waals surface area contributed by atoms with Gasteiger partial charge >= 0.3 is 0 Å². The molecule has 1 aromatic rings. The van der Waals surface area contributed by atoms with Crippen LogP contribution in [0.15, 0.2) is 18.2 Å². The lowest BCUT2D eigenvalue weighted by atomic mass is 9.90. The van der Waals surface area contributed by atoms with Gasteiger partial charge in [0.15, 0.2) is 0 Å². The smallest absolute Gasteiger partial charge is 0.119 e. The molecule has 0 saturated heterocycles. The highest BCUT2D eigenvalue weighted by Gasteiger charge is 2.29. The van der Waals surface area contributed by atoms with E-state index in [4.69, 9.17) is 4.74 Å². The first-order chi connectivity index (χ1) is 8.75. The maximum Gasteiger partial charge on any atom is 0.119 e. The van der Waals surface area contributed by atoms with E-state index in [2.05, 4.69) is 30.4 Å². The third-order valence-electron chi connectivity index (χ3n) is 4.41. The fraction of sp³-hybridized carbons (Fsp3) is 0.625. The van der Waals surface area contributed by atoms with E-state index >= 15 is 0 Å². The van der Waals surface area contributed by atoms with Crippen LogP contribution < -0.4 is 10.1 Å². The molecule has 0 radical (unpaired) electrons. The number of rotatable bonds is 3. The first-order valence-electron chi connectivity index (χ1n) is 7.25. The number of fused-ring (bicyclic) bond motifs is 1. The monoisotopic (exact) mass is 245 g/mol. The zero-order valence-corrected chi connectivity index (χ0v) is 11.3. The Morgan fingerprint density at radius 2 is 2.06 bits per heavy atom. The van der Waals surface area contributed by atoms with Gasteiger partial charge in [0.2, 0.25) is 0 Å². The standard InChI is InChI=1S/C16H23NO/c1-16(8-2-3-9-16)12-18-14-6-7-15-13(11-14)5-4-10-17-15/h6-7,11,17H,2-5,8-10,12H2,1H3. The average Bonchev–Trinajstić information content (AvgIpc) is 2.84. The van der Waals surface area contributed by atoms with Crippen LogP contribution in [0.4, 0.5) is 5.69 Å². The van der Waals surface area contributed by atoms with E-state index in [9.17, 15) is 0 Å². The molecule has 0 aromatic heterocycles. The first-order valence-corrected chi connectivity index (χ1v) is 7.25. The fourth-order valence-electron chi connectivity index (χ4n) is 3.17. The van der Waals surface area contributed by atoms with Gasteiger partial charge in [-0.1, -0.05) is 19.8 Å². The van der Waals surface area contributed by atoms with Crippen molar-refractivity contribution in [1.29, 1.82) is 0 Å². The Labute approximate surface area is 110 Å². The molecule has 1 fully saturated rings. The number of nitrogens with one attached hydrogen (secondary N) is 1. The number of hydrogen-bond donors (Lipinski definition) is 1. The molecule has 0 amide bonds. The second-order valence-electron chi connectivity index (χ2n) is 6.16. The highest BCUT2D eigenvalue weighted by atomic mass is 16.5. The van der Waals surface area contributed by atoms with Gasteiger partial charge in [0.05, 0.1) is 6.61 Å². The molecular formula is C16H23NO. The molecule has 1 heterocycles. The summed E-state index contributed by atoms with van der Waals surface area (Å²) in [6, 6.07) is 6.50. The molecule has 2 heteroatoms. The highest BCUT2D eigenvalue weighted by molar-refractivity contribution is 5.55. The zero-order valence-electron chi connectivity index (χ0n) is 11.3. The summed E-state index contributed by atoms with van der Waals surface area (Å²) in [5.41, 5.74) is 3.12. The van der Waals surface area contributed by atoms with Crippen LogP contribution in [0.25, 0.3) is 0 Å². The van der Waals surface area contributed by atoms with Crippen LogP contribution in [0, 0.1) is 5.41 Å². The van der Waals surface area contributed by atoms with E-state index < -0.39 is 0 Å². The summed E-state index contributed by atoms with van der Waals surface area (Å²) < 4.78 is 6.03. The predicted molar refractivity (Wildman–Crippen MR) is 75.3 cm³/mol. The highest BCUT2D eigenvalue weighted by Crippen LogP contribution is 2.38. The molecule has 1 aliphatic heterocycles. The van der Waals surface area contributed by atoms with Crippen molar-refractivity contribution >= 4 is 5.69 Å².